The molecule has 3 fully saturated rings. The molecule has 222 valence electrons. The normalized spacial score (nSPS) is 21.5. The highest BCUT2D eigenvalue weighted by Crippen LogP contribution is 2.64. The summed E-state index contributed by atoms with van der Waals surface area (Å²) in [6, 6.07) is 1.60. The molecule has 0 heterocycles. The second-order valence-electron chi connectivity index (χ2n) is 11.2. The number of benzene rings is 1. The Labute approximate surface area is 231 Å². The number of hydrogen-bond donors (Lipinski definition) is 1. The smallest absolute Gasteiger partial charge is 0.381 e. The van der Waals surface area contributed by atoms with Gasteiger partial charge in [-0.05, 0) is 42.7 Å². The number of carbonyl (C=O) groups excluding carboxylic acids is 3. The maximum Gasteiger partial charge on any atom is 0.381 e. The Morgan fingerprint density at radius 2 is 1.85 bits per heavy atom. The van der Waals surface area contributed by atoms with E-state index in [-0.39, 0.29) is 47.2 Å². The largest absolute Gasteiger partial charge is 0.508 e. The lowest BCUT2D eigenvalue weighted by molar-refractivity contribution is -0.757. The number of esters is 2. The van der Waals surface area contributed by atoms with Crippen LogP contribution in [-0.2, 0) is 29.9 Å². The maximum atomic E-state index is 15.2. The van der Waals surface area contributed by atoms with Gasteiger partial charge in [0, 0.05) is 35.8 Å². The van der Waals surface area contributed by atoms with Crippen molar-refractivity contribution in [2.45, 2.75) is 84.5 Å². The van der Waals surface area contributed by atoms with E-state index >= 15 is 8.78 Å². The summed E-state index contributed by atoms with van der Waals surface area (Å²) in [6.07, 6.45) is 2.91. The summed E-state index contributed by atoms with van der Waals surface area (Å²) in [6.45, 7) is 6.71. The van der Waals surface area contributed by atoms with Gasteiger partial charge in [-0.1, -0.05) is 40.5 Å². The van der Waals surface area contributed by atoms with Crippen LogP contribution in [-0.4, -0.2) is 41.1 Å². The van der Waals surface area contributed by atoms with E-state index in [4.69, 9.17) is 4.74 Å². The first-order valence-corrected chi connectivity index (χ1v) is 13.7. The molecular formula is C28H37F2NO9. The lowest BCUT2D eigenvalue weighted by atomic mass is 9.44. The first-order valence-electron chi connectivity index (χ1n) is 13.7. The van der Waals surface area contributed by atoms with E-state index in [0.717, 1.165) is 12.1 Å². The summed E-state index contributed by atoms with van der Waals surface area (Å²) in [5, 5.41) is 20.2. The molecule has 0 spiro atoms. The van der Waals surface area contributed by atoms with Crippen LogP contribution in [0.25, 0.3) is 0 Å². The topological polar surface area (TPSA) is 142 Å². The van der Waals surface area contributed by atoms with E-state index in [9.17, 15) is 29.6 Å². The molecule has 3 aliphatic rings. The van der Waals surface area contributed by atoms with Crippen LogP contribution >= 0.6 is 0 Å². The molecule has 4 rings (SSSR count). The van der Waals surface area contributed by atoms with Crippen LogP contribution in [0.4, 0.5) is 8.78 Å². The Kier molecular flexibility index (Phi) is 9.73. The van der Waals surface area contributed by atoms with Gasteiger partial charge in [-0.2, -0.15) is 8.78 Å². The summed E-state index contributed by atoms with van der Waals surface area (Å²) in [4.78, 5) is 52.5. The van der Waals surface area contributed by atoms with Gasteiger partial charge in [-0.15, -0.1) is 10.1 Å². The molecule has 0 radical (unpaired) electrons. The van der Waals surface area contributed by atoms with Gasteiger partial charge in [-0.25, -0.2) is 4.79 Å². The summed E-state index contributed by atoms with van der Waals surface area (Å²) in [7, 11) is 0. The predicted octanol–water partition coefficient (Wildman–Crippen LogP) is 5.47. The molecule has 0 amide bonds. The van der Waals surface area contributed by atoms with Crippen molar-refractivity contribution in [2.75, 3.05) is 13.2 Å². The lowest BCUT2D eigenvalue weighted by Gasteiger charge is -2.59. The molecule has 2 bridgehead atoms. The first-order chi connectivity index (χ1) is 18.7. The fourth-order valence-corrected chi connectivity index (χ4v) is 6.08. The molecule has 0 unspecified atom stereocenters. The molecule has 10 nitrogen and oxygen atoms in total. The third kappa shape index (κ3) is 6.36. The summed E-state index contributed by atoms with van der Waals surface area (Å²) in [5.41, 5.74) is -1.21. The van der Waals surface area contributed by atoms with E-state index in [0.29, 0.717) is 32.1 Å². The first kappa shape index (κ1) is 31.2. The van der Waals surface area contributed by atoms with Crippen molar-refractivity contribution >= 4 is 17.7 Å². The van der Waals surface area contributed by atoms with Crippen molar-refractivity contribution in [2.24, 2.45) is 23.2 Å². The quantitative estimate of drug-likeness (QED) is 0.101. The molecule has 0 saturated heterocycles. The van der Waals surface area contributed by atoms with Crippen molar-refractivity contribution in [3.05, 3.63) is 33.4 Å². The molecule has 3 saturated carbocycles. The number of aromatic hydroxyl groups is 1. The van der Waals surface area contributed by atoms with Gasteiger partial charge in [0.25, 0.3) is 5.09 Å². The summed E-state index contributed by atoms with van der Waals surface area (Å²) < 4.78 is 40.7. The number of ketones is 1. The highest BCUT2D eigenvalue weighted by Gasteiger charge is 2.59. The Morgan fingerprint density at radius 3 is 2.40 bits per heavy atom. The summed E-state index contributed by atoms with van der Waals surface area (Å²) in [5.74, 6) is -8.92. The number of halogens is 2. The average molecular weight is 570 g/mol. The van der Waals surface area contributed by atoms with Gasteiger partial charge >= 0.3 is 17.9 Å². The van der Waals surface area contributed by atoms with E-state index < -0.39 is 59.3 Å². The van der Waals surface area contributed by atoms with Crippen LogP contribution in [0.15, 0.2) is 12.1 Å². The van der Waals surface area contributed by atoms with Crippen LogP contribution in [0.3, 0.4) is 0 Å². The minimum atomic E-state index is -4.24. The second kappa shape index (κ2) is 12.5. The fraction of sp³-hybridized carbons (Fsp3) is 0.679. The van der Waals surface area contributed by atoms with Crippen LogP contribution in [0.2, 0.25) is 0 Å². The van der Waals surface area contributed by atoms with E-state index in [2.05, 4.69) is 9.57 Å². The third-order valence-electron chi connectivity index (χ3n) is 8.29. The van der Waals surface area contributed by atoms with Gasteiger partial charge in [-0.3, -0.25) is 9.59 Å². The molecule has 40 heavy (non-hydrogen) atoms. The van der Waals surface area contributed by atoms with Gasteiger partial charge < -0.3 is 19.4 Å². The Morgan fingerprint density at radius 1 is 1.20 bits per heavy atom. The SMILES string of the molecule is CCCC(CCC)C(=O)Oc1cc(C(F)(F)C(=O)OCCCO[N+](=O)[O-])cc(O)c1[C@H]1CC(=O)[C@H]2C[C@H]1C2(C)C. The van der Waals surface area contributed by atoms with Crippen LogP contribution < -0.4 is 4.74 Å². The van der Waals surface area contributed by atoms with E-state index in [1.54, 1.807) is 0 Å². The number of alkyl halides is 2. The number of Topliss-reactive ketones (excluding diaryl/α,β-unsaturated/α-hetero) is 1. The molecule has 0 aromatic heterocycles. The van der Waals surface area contributed by atoms with Gasteiger partial charge in [0.2, 0.25) is 0 Å². The van der Waals surface area contributed by atoms with E-state index in [1.165, 1.54) is 0 Å². The monoisotopic (exact) mass is 569 g/mol. The van der Waals surface area contributed by atoms with Crippen LogP contribution in [0.5, 0.6) is 11.5 Å². The molecule has 1 N–H and O–H groups in total. The molecule has 1 aromatic carbocycles. The molecule has 0 aliphatic heterocycles. The highest BCUT2D eigenvalue weighted by molar-refractivity contribution is 5.86. The Bertz CT molecular complexity index is 1130. The van der Waals surface area contributed by atoms with Crippen molar-refractivity contribution < 1.29 is 47.7 Å². The molecule has 3 atom stereocenters. The number of ether oxygens (including phenoxy) is 2. The average Bonchev–Trinajstić information content (AvgIpc) is 2.87. The number of fused-ring (bicyclic) bond motifs is 2. The van der Waals surface area contributed by atoms with Gasteiger partial charge in [0.1, 0.15) is 17.3 Å². The predicted molar refractivity (Wildman–Crippen MR) is 137 cm³/mol. The zero-order chi connectivity index (χ0) is 29.8. The lowest BCUT2D eigenvalue weighted by Crippen LogP contribution is -2.56. The Hall–Kier alpha value is -3.31. The number of phenolic OH excluding ortho intramolecular Hbond substituents is 1. The highest BCUT2D eigenvalue weighted by atomic mass is 19.3. The van der Waals surface area contributed by atoms with Crippen LogP contribution in [0.1, 0.15) is 89.7 Å². The molecule has 12 heteroatoms. The van der Waals surface area contributed by atoms with Crippen molar-refractivity contribution in [3.63, 3.8) is 0 Å². The van der Waals surface area contributed by atoms with Gasteiger partial charge in [0.15, 0.2) is 0 Å². The van der Waals surface area contributed by atoms with E-state index in [1.807, 2.05) is 27.7 Å². The second-order valence-corrected chi connectivity index (χ2v) is 11.2. The zero-order valence-corrected chi connectivity index (χ0v) is 23.2. The standard InChI is InChI=1S/C28H37F2NO9/c1-5-8-16(9-6-2)25(34)40-23-13-17(28(29,30)26(35)38-10-7-11-39-31(36)37)12-22(33)24(23)18-14-21(32)20-15-19(18)27(20,3)4/h12-13,16,18-20,33H,5-11,14-15H2,1-4H3/t18-,19+,20+/m0/s1. The molecular weight excluding hydrogens is 532 g/mol. The zero-order valence-electron chi connectivity index (χ0n) is 23.2. The summed E-state index contributed by atoms with van der Waals surface area (Å²) >= 11 is 0. The third-order valence-corrected chi connectivity index (χ3v) is 8.29. The minimum Gasteiger partial charge on any atom is -0.508 e. The molecule has 3 aliphatic carbocycles. The van der Waals surface area contributed by atoms with Crippen molar-refractivity contribution in [1.29, 1.82) is 0 Å². The number of rotatable bonds is 14. The maximum absolute atomic E-state index is 15.2. The number of phenols is 1. The number of carbonyl (C=O) groups is 3. The van der Waals surface area contributed by atoms with Crippen molar-refractivity contribution in [1.82, 2.24) is 0 Å². The Balaban J connectivity index is 1.96. The molecule has 1 aromatic rings. The fourth-order valence-electron chi connectivity index (χ4n) is 6.08. The number of nitrogens with zero attached hydrogens (tertiary/aromatic N) is 1. The van der Waals surface area contributed by atoms with Crippen LogP contribution in [0, 0.1) is 33.3 Å². The minimum absolute atomic E-state index is 0.00284. The number of hydrogen-bond acceptors (Lipinski definition) is 9. The van der Waals surface area contributed by atoms with Gasteiger partial charge in [0.05, 0.1) is 19.1 Å². The van der Waals surface area contributed by atoms with Crippen molar-refractivity contribution in [3.8, 4) is 11.5 Å².